The number of benzene rings is 12. The first-order valence-corrected chi connectivity index (χ1v) is 39.5. The van der Waals surface area contributed by atoms with Crippen LogP contribution in [0, 0.1) is 55.5 Å². The molecule has 12 aromatic carbocycles. The minimum absolute atomic E-state index is 0. The molecule has 0 fully saturated rings. The Labute approximate surface area is 789 Å². The van der Waals surface area contributed by atoms with Gasteiger partial charge in [-0.05, 0) is 122 Å². The van der Waals surface area contributed by atoms with E-state index in [0.29, 0.717) is 0 Å². The molecule has 0 atom stereocenters. The van der Waals surface area contributed by atoms with Crippen LogP contribution in [0.2, 0.25) is 0 Å². The molecule has 0 spiro atoms. The summed E-state index contributed by atoms with van der Waals surface area (Å²) in [4.78, 5) is 34.6. The topological polar surface area (TPSA) is 103 Å². The summed E-state index contributed by atoms with van der Waals surface area (Å²) >= 11 is 0. The van der Waals surface area contributed by atoms with Gasteiger partial charge < -0.3 is 39.9 Å². The Hall–Kier alpha value is -13.6. The van der Waals surface area contributed by atoms with Crippen molar-refractivity contribution in [1.29, 1.82) is 0 Å². The van der Waals surface area contributed by atoms with Crippen LogP contribution in [-0.4, -0.2) is 39.9 Å². The van der Waals surface area contributed by atoms with Gasteiger partial charge in [-0.25, -0.2) is 0 Å². The Balaban J connectivity index is 0.000000162. The molecule has 125 heavy (non-hydrogen) atoms. The molecule has 0 aliphatic heterocycles. The predicted molar refractivity (Wildman–Crippen MR) is 495 cm³/mol. The molecule has 8 heterocycles. The molecule has 20 rings (SSSR count). The number of aromatic nitrogens is 8. The van der Waals surface area contributed by atoms with Gasteiger partial charge in [0.25, 0.3) is 0 Å². The van der Waals surface area contributed by atoms with Crippen molar-refractivity contribution >= 4 is 0 Å². The third kappa shape index (κ3) is 30.8. The van der Waals surface area contributed by atoms with Crippen LogP contribution >= 0.6 is 0 Å². The van der Waals surface area contributed by atoms with Crippen LogP contribution in [0.5, 0.6) is 0 Å². The number of aryl methyl sites for hydroxylation is 1. The molecule has 0 bridgehead atoms. The van der Waals surface area contributed by atoms with Gasteiger partial charge in [-0.15, -0.1) is 281 Å². The maximum absolute atomic E-state index is 4.55. The van der Waals surface area contributed by atoms with E-state index in [1.165, 1.54) is 44.5 Å². The molecule has 0 amide bonds. The van der Waals surface area contributed by atoms with Crippen molar-refractivity contribution in [2.75, 3.05) is 0 Å². The van der Waals surface area contributed by atoms with Crippen LogP contribution in [0.3, 0.4) is 0 Å². The van der Waals surface area contributed by atoms with E-state index < -0.39 is 0 Å². The molecule has 8 aromatic heterocycles. The van der Waals surface area contributed by atoms with E-state index in [9.17, 15) is 0 Å². The predicted octanol–water partition coefficient (Wildman–Crippen LogP) is 27.4. The van der Waals surface area contributed by atoms with Crippen LogP contribution in [0.1, 0.15) is 5.56 Å². The first-order chi connectivity index (χ1) is 60.0. The van der Waals surface area contributed by atoms with Gasteiger partial charge in [0, 0.05) is 136 Å². The summed E-state index contributed by atoms with van der Waals surface area (Å²) < 4.78 is 0. The normalized spacial score (nSPS) is 9.70. The van der Waals surface area contributed by atoms with Crippen molar-refractivity contribution in [3.63, 3.8) is 0 Å². The number of rotatable bonds is 12. The van der Waals surface area contributed by atoms with E-state index >= 15 is 0 Å². The van der Waals surface area contributed by atoms with Crippen LogP contribution in [0.15, 0.2) is 480 Å². The average molecular weight is 2320 g/mol. The SMILES string of the molecule is Cc1cc(-c2[c-]cccc2)ncc1-c1ccccc1.[Ir].[Ir].[Ir].[Ir].[c-]1cc(-c2ccccc2)ccc1-c1ccccn1.[c-]1ccccc1-c1cc(-c2ccccc2)ccn1.[c-]1ccccc1-c1ccc(-c2ccccc2)cn1.[c-]1ccccc1-c1ccccn1.[c-]1ccccc1-c1ccccn1.[c-]1ccccc1-c1ccccn1.[c-]1ccccc1-c1ccccn1. The Morgan fingerprint density at radius 3 is 0.720 bits per heavy atom. The zero-order valence-corrected chi connectivity index (χ0v) is 77.6. The Morgan fingerprint density at radius 2 is 0.432 bits per heavy atom. The van der Waals surface area contributed by atoms with Crippen molar-refractivity contribution in [1.82, 2.24) is 39.9 Å². The number of hydrogen-bond acceptors (Lipinski definition) is 8. The quantitative estimate of drug-likeness (QED) is 0.111. The van der Waals surface area contributed by atoms with E-state index in [0.717, 1.165) is 95.6 Å². The van der Waals surface area contributed by atoms with E-state index in [4.69, 9.17) is 0 Å². The van der Waals surface area contributed by atoms with Gasteiger partial charge in [0.2, 0.25) is 0 Å². The molecule has 20 aromatic rings. The fourth-order valence-electron chi connectivity index (χ4n) is 12.2. The fraction of sp³-hybridized carbons (Fsp3) is 0.00885. The Kier molecular flexibility index (Phi) is 41.2. The van der Waals surface area contributed by atoms with E-state index in [1.54, 1.807) is 31.0 Å². The monoisotopic (exact) mass is 2320 g/mol. The van der Waals surface area contributed by atoms with Crippen LogP contribution in [-0.2, 0) is 80.4 Å². The second kappa shape index (κ2) is 54.0. The largest absolute Gasteiger partial charge is 0.305 e. The molecular weight excluding hydrogens is 2240 g/mol. The smallest absolute Gasteiger partial charge is 0.0242 e. The molecule has 4 radical (unpaired) electrons. The minimum Gasteiger partial charge on any atom is -0.305 e. The van der Waals surface area contributed by atoms with Gasteiger partial charge in [-0.1, -0.05) is 217 Å². The van der Waals surface area contributed by atoms with Crippen LogP contribution in [0.4, 0.5) is 0 Å². The molecule has 0 saturated carbocycles. The zero-order valence-electron chi connectivity index (χ0n) is 68.0. The summed E-state index contributed by atoms with van der Waals surface area (Å²) in [6.45, 7) is 2.12. The van der Waals surface area contributed by atoms with E-state index in [1.807, 2.05) is 370 Å². The van der Waals surface area contributed by atoms with Crippen molar-refractivity contribution in [2.24, 2.45) is 0 Å². The molecule has 0 aliphatic rings. The summed E-state index contributed by atoms with van der Waals surface area (Å²) in [6, 6.07) is 168. The summed E-state index contributed by atoms with van der Waals surface area (Å²) in [6.07, 6.45) is 14.7. The molecule has 8 nitrogen and oxygen atoms in total. The summed E-state index contributed by atoms with van der Waals surface area (Å²) in [5, 5.41) is 0. The average Bonchev–Trinajstić information content (AvgIpc) is 0.850. The molecule has 12 heteroatoms. The number of pyridine rings is 8. The third-order valence-electron chi connectivity index (χ3n) is 18.3. The standard InChI is InChI=1S/C18H14N.3C17H12N.4C11H8N.4Ir/c1-14-12-18(16-10-6-3-7-11-16)19-13-17(14)15-8-4-2-5-9-15;1-3-7-14(8-4-1)16-11-12-18-17(13-16)15-9-5-2-6-10-15;1-3-7-14(8-4-1)16-11-12-17(18-13-16)15-9-5-2-6-10-15;1-2-6-14(7-3-1)15-9-11-16(12-10-15)17-8-4-5-13-18-17;4*1-2-6-10(7-3-1)11-8-4-5-9-12-11;;;;/h2-10,12-13H,1H3;2*1-9,11-13H;1-11,13H;4*1-6,8-9H;;;;/q8*-1;;;;. The second-order valence-electron chi connectivity index (χ2n) is 26.7. The molecule has 0 N–H and O–H groups in total. The third-order valence-corrected chi connectivity index (χ3v) is 18.3. The van der Waals surface area contributed by atoms with Gasteiger partial charge in [-0.3, -0.25) is 0 Å². The minimum atomic E-state index is 0. The van der Waals surface area contributed by atoms with Gasteiger partial charge in [0.05, 0.1) is 0 Å². The molecule has 618 valence electrons. The maximum Gasteiger partial charge on any atom is 0.0242 e. The zero-order chi connectivity index (χ0) is 82.6. The first kappa shape index (κ1) is 95.3. The van der Waals surface area contributed by atoms with Gasteiger partial charge in [0.1, 0.15) is 0 Å². The Bertz CT molecular complexity index is 5480. The van der Waals surface area contributed by atoms with Crippen molar-refractivity contribution in [3.8, 4) is 135 Å². The number of hydrogen-bond donors (Lipinski definition) is 0. The molecule has 0 unspecified atom stereocenters. The van der Waals surface area contributed by atoms with Crippen molar-refractivity contribution < 1.29 is 80.4 Å². The van der Waals surface area contributed by atoms with Gasteiger partial charge in [0.15, 0.2) is 0 Å². The van der Waals surface area contributed by atoms with Crippen molar-refractivity contribution in [3.05, 3.63) is 534 Å². The molecule has 0 saturated heterocycles. The summed E-state index contributed by atoms with van der Waals surface area (Å²) in [5.74, 6) is 0. The Morgan fingerprint density at radius 1 is 0.168 bits per heavy atom. The number of nitrogens with zero attached hydrogens (tertiary/aromatic N) is 8. The van der Waals surface area contributed by atoms with E-state index in [-0.39, 0.29) is 80.4 Å². The maximum atomic E-state index is 4.55. The van der Waals surface area contributed by atoms with Crippen LogP contribution in [0.25, 0.3) is 135 Å². The molecular formula is C113H82Ir4N8-8. The van der Waals surface area contributed by atoms with Gasteiger partial charge >= 0.3 is 0 Å². The van der Waals surface area contributed by atoms with Crippen LogP contribution < -0.4 is 0 Å². The summed E-state index contributed by atoms with van der Waals surface area (Å²) in [5.41, 5.74) is 26.7. The summed E-state index contributed by atoms with van der Waals surface area (Å²) in [7, 11) is 0. The first-order valence-electron chi connectivity index (χ1n) is 39.5. The molecule has 0 aliphatic carbocycles. The second-order valence-corrected chi connectivity index (χ2v) is 26.7. The fourth-order valence-corrected chi connectivity index (χ4v) is 12.2. The van der Waals surface area contributed by atoms with Gasteiger partial charge in [-0.2, -0.15) is 0 Å². The van der Waals surface area contributed by atoms with E-state index in [2.05, 4.69) is 174 Å². The van der Waals surface area contributed by atoms with Crippen molar-refractivity contribution in [2.45, 2.75) is 6.92 Å².